The van der Waals surface area contributed by atoms with Crippen molar-refractivity contribution >= 4 is 22.9 Å². The van der Waals surface area contributed by atoms with Gasteiger partial charge in [0.2, 0.25) is 0 Å². The highest BCUT2D eigenvalue weighted by Crippen LogP contribution is 2.15. The lowest BCUT2D eigenvalue weighted by Gasteiger charge is -1.96. The smallest absolute Gasteiger partial charge is 0.179 e. The number of nitrogen functional groups attached to an aromatic ring is 1. The predicted molar refractivity (Wildman–Crippen MR) is 42.4 cm³/mol. The first-order valence-corrected chi connectivity index (χ1v) is 3.40. The molecular weight excluding hydrogens is 164 g/mol. The third kappa shape index (κ3) is 0.832. The van der Waals surface area contributed by atoms with Crippen LogP contribution in [-0.4, -0.2) is 14.6 Å². The second-order valence-electron chi connectivity index (χ2n) is 2.11. The summed E-state index contributed by atoms with van der Waals surface area (Å²) in [6, 6.07) is 3.38. The zero-order chi connectivity index (χ0) is 7.84. The number of nitrogens with two attached hydrogens (primary N) is 1. The first-order chi connectivity index (χ1) is 5.29. The maximum absolute atomic E-state index is 5.78. The van der Waals surface area contributed by atoms with Gasteiger partial charge in [-0.1, -0.05) is 11.6 Å². The molecule has 0 bridgehead atoms. The lowest BCUT2D eigenvalue weighted by Crippen LogP contribution is -1.94. The Hall–Kier alpha value is -1.29. The van der Waals surface area contributed by atoms with E-state index < -0.39 is 0 Å². The lowest BCUT2D eigenvalue weighted by atomic mass is 10.4. The fourth-order valence-electron chi connectivity index (χ4n) is 0.898. The van der Waals surface area contributed by atoms with Crippen molar-refractivity contribution < 1.29 is 0 Å². The SMILES string of the molecule is Nc1ccc(Cl)n2ncnc12. The molecule has 0 aliphatic carbocycles. The van der Waals surface area contributed by atoms with Crippen LogP contribution in [0, 0.1) is 0 Å². The van der Waals surface area contributed by atoms with Crippen LogP contribution >= 0.6 is 11.6 Å². The zero-order valence-electron chi connectivity index (χ0n) is 5.53. The summed E-state index contributed by atoms with van der Waals surface area (Å²) in [6.07, 6.45) is 1.41. The highest BCUT2D eigenvalue weighted by Gasteiger charge is 2.01. The molecule has 0 unspecified atom stereocenters. The summed E-state index contributed by atoms with van der Waals surface area (Å²) in [4.78, 5) is 3.92. The van der Waals surface area contributed by atoms with Crippen LogP contribution in [0.5, 0.6) is 0 Å². The van der Waals surface area contributed by atoms with Crippen LogP contribution in [-0.2, 0) is 0 Å². The minimum Gasteiger partial charge on any atom is -0.396 e. The molecule has 0 aliphatic rings. The van der Waals surface area contributed by atoms with E-state index in [2.05, 4.69) is 10.1 Å². The van der Waals surface area contributed by atoms with E-state index in [0.29, 0.717) is 16.5 Å². The monoisotopic (exact) mass is 168 g/mol. The normalized spacial score (nSPS) is 10.6. The molecule has 0 saturated heterocycles. The summed E-state index contributed by atoms with van der Waals surface area (Å²) in [5.41, 5.74) is 6.76. The van der Waals surface area contributed by atoms with E-state index in [1.165, 1.54) is 10.8 Å². The van der Waals surface area contributed by atoms with Crippen LogP contribution < -0.4 is 5.73 Å². The van der Waals surface area contributed by atoms with Gasteiger partial charge < -0.3 is 5.73 Å². The highest BCUT2D eigenvalue weighted by atomic mass is 35.5. The van der Waals surface area contributed by atoms with E-state index in [0.717, 1.165) is 0 Å². The molecule has 0 amide bonds. The summed E-state index contributed by atoms with van der Waals surface area (Å²) < 4.78 is 1.48. The Balaban J connectivity index is 2.96. The van der Waals surface area contributed by atoms with Gasteiger partial charge in [0.15, 0.2) is 5.65 Å². The van der Waals surface area contributed by atoms with Gasteiger partial charge in [0.1, 0.15) is 11.5 Å². The highest BCUT2D eigenvalue weighted by molar-refractivity contribution is 6.29. The van der Waals surface area contributed by atoms with Crippen LogP contribution in [0.3, 0.4) is 0 Å². The molecule has 0 radical (unpaired) electrons. The fraction of sp³-hybridized carbons (Fsp3) is 0. The molecule has 0 atom stereocenters. The summed E-state index contributed by atoms with van der Waals surface area (Å²) >= 11 is 5.78. The van der Waals surface area contributed by atoms with Gasteiger partial charge in [0.25, 0.3) is 0 Å². The van der Waals surface area contributed by atoms with Crippen molar-refractivity contribution in [1.29, 1.82) is 0 Å². The van der Waals surface area contributed by atoms with Gasteiger partial charge >= 0.3 is 0 Å². The number of pyridine rings is 1. The molecule has 2 aromatic heterocycles. The summed E-state index contributed by atoms with van der Waals surface area (Å²) in [7, 11) is 0. The number of anilines is 1. The molecule has 56 valence electrons. The van der Waals surface area contributed by atoms with Crippen molar-refractivity contribution in [2.75, 3.05) is 5.73 Å². The molecule has 2 N–H and O–H groups in total. The number of rotatable bonds is 0. The molecular formula is C6H5ClN4. The molecule has 11 heavy (non-hydrogen) atoms. The number of hydrogen-bond acceptors (Lipinski definition) is 3. The van der Waals surface area contributed by atoms with E-state index in [4.69, 9.17) is 17.3 Å². The third-order valence-corrected chi connectivity index (χ3v) is 1.69. The quantitative estimate of drug-likeness (QED) is 0.597. The summed E-state index contributed by atoms with van der Waals surface area (Å²) in [6.45, 7) is 0. The Morgan fingerprint density at radius 2 is 2.27 bits per heavy atom. The van der Waals surface area contributed by atoms with Crippen molar-refractivity contribution in [2.24, 2.45) is 0 Å². The van der Waals surface area contributed by atoms with Crippen molar-refractivity contribution in [1.82, 2.24) is 14.6 Å². The molecule has 5 heteroatoms. The van der Waals surface area contributed by atoms with Crippen molar-refractivity contribution in [3.63, 3.8) is 0 Å². The van der Waals surface area contributed by atoms with Gasteiger partial charge in [-0.05, 0) is 12.1 Å². The summed E-state index contributed by atoms with van der Waals surface area (Å²) in [5, 5.41) is 4.38. The first kappa shape index (κ1) is 6.42. The first-order valence-electron chi connectivity index (χ1n) is 3.03. The van der Waals surface area contributed by atoms with Crippen LogP contribution in [0.1, 0.15) is 0 Å². The molecule has 0 fully saturated rings. The molecule has 4 nitrogen and oxygen atoms in total. The van der Waals surface area contributed by atoms with Crippen LogP contribution in [0.25, 0.3) is 5.65 Å². The van der Waals surface area contributed by atoms with E-state index in [1.54, 1.807) is 12.1 Å². The molecule has 2 aromatic rings. The van der Waals surface area contributed by atoms with E-state index >= 15 is 0 Å². The maximum Gasteiger partial charge on any atom is 0.179 e. The van der Waals surface area contributed by atoms with Crippen LogP contribution in [0.4, 0.5) is 5.69 Å². The molecule has 2 rings (SSSR count). The molecule has 0 saturated carbocycles. The number of nitrogens with zero attached hydrogens (tertiary/aromatic N) is 3. The fourth-order valence-corrected chi connectivity index (χ4v) is 1.09. The number of hydrogen-bond donors (Lipinski definition) is 1. The van der Waals surface area contributed by atoms with E-state index in [1.807, 2.05) is 0 Å². The van der Waals surface area contributed by atoms with Gasteiger partial charge in [-0.3, -0.25) is 0 Å². The lowest BCUT2D eigenvalue weighted by molar-refractivity contribution is 0.963. The minimum atomic E-state index is 0.506. The minimum absolute atomic E-state index is 0.506. The van der Waals surface area contributed by atoms with Gasteiger partial charge in [0.05, 0.1) is 5.69 Å². The van der Waals surface area contributed by atoms with E-state index in [-0.39, 0.29) is 0 Å². The largest absolute Gasteiger partial charge is 0.396 e. The Bertz CT molecular complexity index is 358. The number of fused-ring (bicyclic) bond motifs is 1. The molecule has 2 heterocycles. The second-order valence-corrected chi connectivity index (χ2v) is 2.49. The Labute approximate surface area is 67.6 Å². The van der Waals surface area contributed by atoms with Crippen molar-refractivity contribution in [3.8, 4) is 0 Å². The molecule has 0 spiro atoms. The van der Waals surface area contributed by atoms with Gasteiger partial charge in [-0.25, -0.2) is 9.50 Å². The second kappa shape index (κ2) is 2.10. The Morgan fingerprint density at radius 1 is 1.45 bits per heavy atom. The van der Waals surface area contributed by atoms with Gasteiger partial charge in [-0.2, -0.15) is 5.10 Å². The standard InChI is InChI=1S/C6H5ClN4/c7-5-2-1-4(8)6-9-3-10-11(5)6/h1-3H,8H2. The Kier molecular flexibility index (Phi) is 1.22. The molecule has 0 aromatic carbocycles. The number of aromatic nitrogens is 3. The van der Waals surface area contributed by atoms with Gasteiger partial charge in [0, 0.05) is 0 Å². The average Bonchev–Trinajstić information content (AvgIpc) is 2.45. The predicted octanol–water partition coefficient (Wildman–Crippen LogP) is 0.965. The average molecular weight is 169 g/mol. The van der Waals surface area contributed by atoms with Crippen LogP contribution in [0.2, 0.25) is 5.15 Å². The maximum atomic E-state index is 5.78. The van der Waals surface area contributed by atoms with Crippen molar-refractivity contribution in [3.05, 3.63) is 23.6 Å². The van der Waals surface area contributed by atoms with Gasteiger partial charge in [-0.15, -0.1) is 0 Å². The zero-order valence-corrected chi connectivity index (χ0v) is 6.28. The molecule has 0 aliphatic heterocycles. The summed E-state index contributed by atoms with van der Waals surface area (Å²) in [5.74, 6) is 0. The third-order valence-electron chi connectivity index (χ3n) is 1.41. The van der Waals surface area contributed by atoms with Crippen LogP contribution in [0.15, 0.2) is 18.5 Å². The Morgan fingerprint density at radius 3 is 3.00 bits per heavy atom. The topological polar surface area (TPSA) is 56.2 Å². The van der Waals surface area contributed by atoms with Crippen molar-refractivity contribution in [2.45, 2.75) is 0 Å². The number of halogens is 1. The van der Waals surface area contributed by atoms with E-state index in [9.17, 15) is 0 Å².